The van der Waals surface area contributed by atoms with Gasteiger partial charge in [-0.2, -0.15) is 0 Å². The van der Waals surface area contributed by atoms with Crippen LogP contribution in [0.5, 0.6) is 0 Å². The number of hydrogen-bond acceptors (Lipinski definition) is 1. The summed E-state index contributed by atoms with van der Waals surface area (Å²) in [5, 5.41) is 11.5. The SMILES string of the molecule is OC[C@H](CCc1ccc(Cl)cc1)c1ccc(Cl)cc1Cl. The lowest BCUT2D eigenvalue weighted by Gasteiger charge is -2.16. The van der Waals surface area contributed by atoms with E-state index in [0.717, 1.165) is 23.4 Å². The quantitative estimate of drug-likeness (QED) is 0.783. The van der Waals surface area contributed by atoms with E-state index in [4.69, 9.17) is 34.8 Å². The van der Waals surface area contributed by atoms with Crippen LogP contribution in [0, 0.1) is 0 Å². The van der Waals surface area contributed by atoms with Crippen molar-refractivity contribution in [2.75, 3.05) is 6.61 Å². The highest BCUT2D eigenvalue weighted by atomic mass is 35.5. The second-order valence-electron chi connectivity index (χ2n) is 4.71. The molecule has 0 aromatic heterocycles. The summed E-state index contributed by atoms with van der Waals surface area (Å²) in [5.41, 5.74) is 2.13. The van der Waals surface area contributed by atoms with Gasteiger partial charge in [0, 0.05) is 27.6 Å². The van der Waals surface area contributed by atoms with Gasteiger partial charge < -0.3 is 5.11 Å². The molecule has 2 aromatic rings. The molecule has 0 radical (unpaired) electrons. The molecule has 20 heavy (non-hydrogen) atoms. The molecule has 106 valence electrons. The zero-order valence-corrected chi connectivity index (χ0v) is 13.1. The van der Waals surface area contributed by atoms with E-state index in [1.54, 1.807) is 12.1 Å². The van der Waals surface area contributed by atoms with Gasteiger partial charge in [-0.1, -0.05) is 53.0 Å². The molecule has 1 nitrogen and oxygen atoms in total. The van der Waals surface area contributed by atoms with E-state index >= 15 is 0 Å². The van der Waals surface area contributed by atoms with Gasteiger partial charge in [0.05, 0.1) is 0 Å². The van der Waals surface area contributed by atoms with Crippen LogP contribution in [-0.4, -0.2) is 11.7 Å². The van der Waals surface area contributed by atoms with Crippen molar-refractivity contribution in [3.63, 3.8) is 0 Å². The minimum atomic E-state index is 0.00967. The van der Waals surface area contributed by atoms with Crippen molar-refractivity contribution in [3.8, 4) is 0 Å². The van der Waals surface area contributed by atoms with Gasteiger partial charge in [0.25, 0.3) is 0 Å². The maximum absolute atomic E-state index is 9.58. The molecule has 0 aliphatic carbocycles. The van der Waals surface area contributed by atoms with E-state index in [1.807, 2.05) is 30.3 Å². The molecular weight excluding hydrogens is 315 g/mol. The Morgan fingerprint density at radius 3 is 2.15 bits per heavy atom. The fourth-order valence-corrected chi connectivity index (χ4v) is 2.86. The van der Waals surface area contributed by atoms with Crippen molar-refractivity contribution in [1.82, 2.24) is 0 Å². The summed E-state index contributed by atoms with van der Waals surface area (Å²) in [6.07, 6.45) is 1.68. The molecule has 1 atom stereocenters. The van der Waals surface area contributed by atoms with Crippen molar-refractivity contribution in [3.05, 3.63) is 68.7 Å². The molecule has 0 spiro atoms. The third-order valence-electron chi connectivity index (χ3n) is 3.32. The average molecular weight is 330 g/mol. The molecule has 0 unspecified atom stereocenters. The smallest absolute Gasteiger partial charge is 0.0500 e. The molecule has 2 rings (SSSR count). The van der Waals surface area contributed by atoms with Gasteiger partial charge >= 0.3 is 0 Å². The van der Waals surface area contributed by atoms with Crippen LogP contribution in [0.3, 0.4) is 0 Å². The average Bonchev–Trinajstić information content (AvgIpc) is 2.43. The lowest BCUT2D eigenvalue weighted by atomic mass is 9.93. The van der Waals surface area contributed by atoms with Crippen LogP contribution < -0.4 is 0 Å². The normalized spacial score (nSPS) is 12.4. The Bertz CT molecular complexity index is 566. The van der Waals surface area contributed by atoms with Gasteiger partial charge in [-0.15, -0.1) is 0 Å². The van der Waals surface area contributed by atoms with Crippen LogP contribution in [0.15, 0.2) is 42.5 Å². The molecule has 0 bridgehead atoms. The van der Waals surface area contributed by atoms with Crippen LogP contribution >= 0.6 is 34.8 Å². The molecule has 0 fully saturated rings. The molecular formula is C16H15Cl3O. The van der Waals surface area contributed by atoms with Crippen LogP contribution in [-0.2, 0) is 6.42 Å². The van der Waals surface area contributed by atoms with Gasteiger partial charge in [-0.05, 0) is 48.2 Å². The maximum Gasteiger partial charge on any atom is 0.0500 e. The Kier molecular flexibility index (Phi) is 5.74. The first-order chi connectivity index (χ1) is 9.60. The van der Waals surface area contributed by atoms with Gasteiger partial charge in [-0.25, -0.2) is 0 Å². The first-order valence-electron chi connectivity index (χ1n) is 6.40. The van der Waals surface area contributed by atoms with Crippen molar-refractivity contribution < 1.29 is 5.11 Å². The summed E-state index contributed by atoms with van der Waals surface area (Å²) < 4.78 is 0. The topological polar surface area (TPSA) is 20.2 Å². The van der Waals surface area contributed by atoms with E-state index in [0.29, 0.717) is 10.0 Å². The molecule has 0 saturated heterocycles. The van der Waals surface area contributed by atoms with Crippen LogP contribution in [0.2, 0.25) is 15.1 Å². The standard InChI is InChI=1S/C16H15Cl3O/c17-13-5-2-11(3-6-13)1-4-12(10-20)15-8-7-14(18)9-16(15)19/h2-3,5-9,12,20H,1,4,10H2/t12-/m0/s1. The molecule has 2 aromatic carbocycles. The number of benzene rings is 2. The first-order valence-corrected chi connectivity index (χ1v) is 7.54. The number of aliphatic hydroxyl groups excluding tert-OH is 1. The Labute approximate surface area is 134 Å². The number of hydrogen-bond donors (Lipinski definition) is 1. The highest BCUT2D eigenvalue weighted by Gasteiger charge is 2.14. The van der Waals surface area contributed by atoms with Crippen molar-refractivity contribution in [2.24, 2.45) is 0 Å². The van der Waals surface area contributed by atoms with Crippen LogP contribution in [0.4, 0.5) is 0 Å². The lowest BCUT2D eigenvalue weighted by Crippen LogP contribution is -2.06. The summed E-state index contributed by atoms with van der Waals surface area (Å²) in [5.74, 6) is 0.00967. The highest BCUT2D eigenvalue weighted by Crippen LogP contribution is 2.30. The predicted molar refractivity (Wildman–Crippen MR) is 86.1 cm³/mol. The zero-order valence-electron chi connectivity index (χ0n) is 10.8. The summed E-state index contributed by atoms with van der Waals surface area (Å²) >= 11 is 17.9. The minimum Gasteiger partial charge on any atom is -0.396 e. The second-order valence-corrected chi connectivity index (χ2v) is 5.99. The number of rotatable bonds is 5. The predicted octanol–water partition coefficient (Wildman–Crippen LogP) is 5.36. The largest absolute Gasteiger partial charge is 0.396 e. The summed E-state index contributed by atoms with van der Waals surface area (Å²) in [7, 11) is 0. The Hall–Kier alpha value is -0.730. The maximum atomic E-state index is 9.58. The lowest BCUT2D eigenvalue weighted by molar-refractivity contribution is 0.259. The van der Waals surface area contributed by atoms with Crippen LogP contribution in [0.1, 0.15) is 23.5 Å². The van der Waals surface area contributed by atoms with E-state index in [-0.39, 0.29) is 12.5 Å². The summed E-state index contributed by atoms with van der Waals surface area (Å²) in [6, 6.07) is 13.1. The molecule has 0 aliphatic heterocycles. The third-order valence-corrected chi connectivity index (χ3v) is 4.13. The van der Waals surface area contributed by atoms with Gasteiger partial charge in [0.15, 0.2) is 0 Å². The van der Waals surface area contributed by atoms with E-state index in [2.05, 4.69) is 0 Å². The summed E-state index contributed by atoms with van der Waals surface area (Å²) in [4.78, 5) is 0. The van der Waals surface area contributed by atoms with Crippen molar-refractivity contribution in [2.45, 2.75) is 18.8 Å². The van der Waals surface area contributed by atoms with E-state index in [9.17, 15) is 5.11 Å². The van der Waals surface area contributed by atoms with Crippen molar-refractivity contribution in [1.29, 1.82) is 0 Å². The fraction of sp³-hybridized carbons (Fsp3) is 0.250. The number of aryl methyl sites for hydroxylation is 1. The Morgan fingerprint density at radius 2 is 1.55 bits per heavy atom. The van der Waals surface area contributed by atoms with E-state index in [1.165, 1.54) is 5.56 Å². The second kappa shape index (κ2) is 7.33. The number of halogens is 3. The molecule has 0 aliphatic rings. The Morgan fingerprint density at radius 1 is 0.900 bits per heavy atom. The van der Waals surface area contributed by atoms with Crippen molar-refractivity contribution >= 4 is 34.8 Å². The zero-order chi connectivity index (χ0) is 14.5. The minimum absolute atomic E-state index is 0.00967. The van der Waals surface area contributed by atoms with E-state index < -0.39 is 0 Å². The first kappa shape index (κ1) is 15.7. The van der Waals surface area contributed by atoms with Gasteiger partial charge in [0.2, 0.25) is 0 Å². The molecule has 1 N–H and O–H groups in total. The summed E-state index contributed by atoms with van der Waals surface area (Å²) in [6.45, 7) is 0.0644. The van der Waals surface area contributed by atoms with Crippen LogP contribution in [0.25, 0.3) is 0 Å². The molecule has 0 saturated carbocycles. The fourth-order valence-electron chi connectivity index (χ4n) is 2.17. The molecule has 0 amide bonds. The highest BCUT2D eigenvalue weighted by molar-refractivity contribution is 6.35. The van der Waals surface area contributed by atoms with Gasteiger partial charge in [0.1, 0.15) is 0 Å². The Balaban J connectivity index is 2.07. The molecule has 0 heterocycles. The monoisotopic (exact) mass is 328 g/mol. The molecule has 4 heteroatoms. The third kappa shape index (κ3) is 4.13. The number of aliphatic hydroxyl groups is 1. The van der Waals surface area contributed by atoms with Gasteiger partial charge in [-0.3, -0.25) is 0 Å².